The summed E-state index contributed by atoms with van der Waals surface area (Å²) in [5, 5.41) is 12.5. The van der Waals surface area contributed by atoms with Crippen LogP contribution < -0.4 is 16.6 Å². The van der Waals surface area contributed by atoms with Crippen LogP contribution in [0.15, 0.2) is 15.7 Å². The van der Waals surface area contributed by atoms with Crippen molar-refractivity contribution in [1.82, 2.24) is 15.3 Å². The van der Waals surface area contributed by atoms with E-state index >= 15 is 0 Å². The second-order valence-electron chi connectivity index (χ2n) is 5.21. The quantitative estimate of drug-likeness (QED) is 0.582. The monoisotopic (exact) mass is 281 g/mol. The standard InChI is InChI=1S/C13H19N3O4/c17-10-4-2-1-3-8(10)7-14-11(18)5-9-6-12(19)16-13(20)15-9/h6,8,10,17H,1-5,7H2,(H,14,18)(H2,15,16,19,20). The zero-order valence-electron chi connectivity index (χ0n) is 11.1. The lowest BCUT2D eigenvalue weighted by Crippen LogP contribution is -2.37. The van der Waals surface area contributed by atoms with Crippen molar-refractivity contribution >= 4 is 5.91 Å². The summed E-state index contributed by atoms with van der Waals surface area (Å²) < 4.78 is 0. The van der Waals surface area contributed by atoms with Gasteiger partial charge >= 0.3 is 5.69 Å². The molecule has 0 bridgehead atoms. The number of aromatic amines is 2. The lowest BCUT2D eigenvalue weighted by Gasteiger charge is -2.27. The SMILES string of the molecule is O=C(Cc1cc(=O)[nH]c(=O)[nH]1)NCC1CCCCC1O. The molecule has 0 aliphatic heterocycles. The maximum absolute atomic E-state index is 11.8. The largest absolute Gasteiger partial charge is 0.393 e. The highest BCUT2D eigenvalue weighted by atomic mass is 16.3. The minimum Gasteiger partial charge on any atom is -0.393 e. The maximum atomic E-state index is 11.8. The van der Waals surface area contributed by atoms with Gasteiger partial charge in [-0.25, -0.2) is 4.79 Å². The molecule has 0 aromatic carbocycles. The number of H-pyrrole nitrogens is 2. The predicted octanol–water partition coefficient (Wildman–Crippen LogP) is -0.727. The summed E-state index contributed by atoms with van der Waals surface area (Å²) in [7, 11) is 0. The highest BCUT2D eigenvalue weighted by molar-refractivity contribution is 5.78. The number of rotatable bonds is 4. The summed E-state index contributed by atoms with van der Waals surface area (Å²) in [6, 6.07) is 1.19. The smallest absolute Gasteiger partial charge is 0.325 e. The Morgan fingerprint density at radius 3 is 2.75 bits per heavy atom. The van der Waals surface area contributed by atoms with E-state index in [-0.39, 0.29) is 30.0 Å². The Morgan fingerprint density at radius 2 is 2.05 bits per heavy atom. The molecule has 1 amide bonds. The molecule has 4 N–H and O–H groups in total. The van der Waals surface area contributed by atoms with Crippen LogP contribution in [0.3, 0.4) is 0 Å². The number of carbonyl (C=O) groups excluding carboxylic acids is 1. The molecule has 110 valence electrons. The van der Waals surface area contributed by atoms with Crippen LogP contribution in [0.4, 0.5) is 0 Å². The Labute approximate surface area is 115 Å². The van der Waals surface area contributed by atoms with Crippen molar-refractivity contribution < 1.29 is 9.90 Å². The van der Waals surface area contributed by atoms with E-state index < -0.39 is 11.2 Å². The minimum atomic E-state index is -0.622. The zero-order valence-corrected chi connectivity index (χ0v) is 11.1. The van der Waals surface area contributed by atoms with Gasteiger partial charge in [-0.1, -0.05) is 12.8 Å². The Balaban J connectivity index is 1.86. The summed E-state index contributed by atoms with van der Waals surface area (Å²) in [6.07, 6.45) is 3.37. The summed E-state index contributed by atoms with van der Waals surface area (Å²) in [4.78, 5) is 38.4. The van der Waals surface area contributed by atoms with Gasteiger partial charge in [-0.15, -0.1) is 0 Å². The Morgan fingerprint density at radius 1 is 1.30 bits per heavy atom. The average molecular weight is 281 g/mol. The van der Waals surface area contributed by atoms with Gasteiger partial charge < -0.3 is 15.4 Å². The molecule has 0 spiro atoms. The molecule has 7 nitrogen and oxygen atoms in total. The van der Waals surface area contributed by atoms with Gasteiger partial charge in [-0.2, -0.15) is 0 Å². The number of carbonyl (C=O) groups is 1. The summed E-state index contributed by atoms with van der Waals surface area (Å²) in [5.41, 5.74) is -0.873. The van der Waals surface area contributed by atoms with E-state index in [1.807, 2.05) is 4.98 Å². The minimum absolute atomic E-state index is 0.0536. The maximum Gasteiger partial charge on any atom is 0.325 e. The van der Waals surface area contributed by atoms with Gasteiger partial charge in [0.05, 0.1) is 12.5 Å². The molecule has 1 aromatic heterocycles. The van der Waals surface area contributed by atoms with Crippen LogP contribution in [-0.2, 0) is 11.2 Å². The second-order valence-corrected chi connectivity index (χ2v) is 5.21. The van der Waals surface area contributed by atoms with Crippen LogP contribution in [0.2, 0.25) is 0 Å². The molecule has 1 aromatic rings. The number of aromatic nitrogens is 2. The third kappa shape index (κ3) is 4.06. The number of aliphatic hydroxyl groups excluding tert-OH is 1. The van der Waals surface area contributed by atoms with Gasteiger partial charge in [0.15, 0.2) is 0 Å². The highest BCUT2D eigenvalue weighted by Crippen LogP contribution is 2.23. The van der Waals surface area contributed by atoms with Crippen molar-refractivity contribution in [2.24, 2.45) is 5.92 Å². The van der Waals surface area contributed by atoms with Gasteiger partial charge in [0.2, 0.25) is 5.91 Å². The molecule has 2 rings (SSSR count). The zero-order chi connectivity index (χ0) is 14.5. The lowest BCUT2D eigenvalue weighted by molar-refractivity contribution is -0.120. The van der Waals surface area contributed by atoms with Crippen molar-refractivity contribution in [3.63, 3.8) is 0 Å². The first-order valence-electron chi connectivity index (χ1n) is 6.82. The van der Waals surface area contributed by atoms with Gasteiger partial charge in [0.25, 0.3) is 5.56 Å². The molecule has 2 unspecified atom stereocenters. The van der Waals surface area contributed by atoms with E-state index in [1.54, 1.807) is 0 Å². The number of aliphatic hydroxyl groups is 1. The van der Waals surface area contributed by atoms with E-state index in [0.717, 1.165) is 25.7 Å². The van der Waals surface area contributed by atoms with Crippen molar-refractivity contribution in [3.05, 3.63) is 32.6 Å². The van der Waals surface area contributed by atoms with Gasteiger partial charge in [-0.3, -0.25) is 14.6 Å². The van der Waals surface area contributed by atoms with Crippen molar-refractivity contribution in [3.8, 4) is 0 Å². The van der Waals surface area contributed by atoms with Crippen LogP contribution in [-0.4, -0.2) is 33.6 Å². The molecule has 1 aliphatic carbocycles. The lowest BCUT2D eigenvalue weighted by atomic mass is 9.86. The van der Waals surface area contributed by atoms with E-state index in [9.17, 15) is 19.5 Å². The predicted molar refractivity (Wildman–Crippen MR) is 72.4 cm³/mol. The Hall–Kier alpha value is -1.89. The van der Waals surface area contributed by atoms with Crippen LogP contribution >= 0.6 is 0 Å². The van der Waals surface area contributed by atoms with Crippen LogP contribution in [0.5, 0.6) is 0 Å². The first-order chi connectivity index (χ1) is 9.54. The van der Waals surface area contributed by atoms with Crippen LogP contribution in [0.1, 0.15) is 31.4 Å². The highest BCUT2D eigenvalue weighted by Gasteiger charge is 2.23. The van der Waals surface area contributed by atoms with Crippen LogP contribution in [0.25, 0.3) is 0 Å². The molecular weight excluding hydrogens is 262 g/mol. The number of nitrogens with one attached hydrogen (secondary N) is 3. The van der Waals surface area contributed by atoms with Gasteiger partial charge in [0.1, 0.15) is 0 Å². The molecule has 0 radical (unpaired) electrons. The molecule has 1 aliphatic rings. The van der Waals surface area contributed by atoms with E-state index in [2.05, 4.69) is 10.3 Å². The summed E-state index contributed by atoms with van der Waals surface area (Å²) in [5.74, 6) is -0.185. The molecule has 0 saturated heterocycles. The Kier molecular flexibility index (Phi) is 4.73. The second kappa shape index (κ2) is 6.51. The van der Waals surface area contributed by atoms with Crippen molar-refractivity contribution in [2.75, 3.05) is 6.54 Å². The fourth-order valence-corrected chi connectivity index (χ4v) is 2.52. The normalized spacial score (nSPS) is 22.4. The first kappa shape index (κ1) is 14.5. The third-order valence-corrected chi connectivity index (χ3v) is 3.60. The van der Waals surface area contributed by atoms with E-state index in [1.165, 1.54) is 6.07 Å². The number of hydrogen-bond acceptors (Lipinski definition) is 4. The molecule has 20 heavy (non-hydrogen) atoms. The average Bonchev–Trinajstić information content (AvgIpc) is 2.36. The molecule has 1 heterocycles. The molecular formula is C13H19N3O4. The van der Waals surface area contributed by atoms with Crippen LogP contribution in [0, 0.1) is 5.92 Å². The van der Waals surface area contributed by atoms with Crippen molar-refractivity contribution in [1.29, 1.82) is 0 Å². The number of amides is 1. The molecule has 1 saturated carbocycles. The molecule has 7 heteroatoms. The molecule has 1 fully saturated rings. The topological polar surface area (TPSA) is 115 Å². The fraction of sp³-hybridized carbons (Fsp3) is 0.615. The Bertz CT molecular complexity index is 549. The van der Waals surface area contributed by atoms with E-state index in [0.29, 0.717) is 6.54 Å². The third-order valence-electron chi connectivity index (χ3n) is 3.60. The number of hydrogen-bond donors (Lipinski definition) is 4. The van der Waals surface area contributed by atoms with Crippen molar-refractivity contribution in [2.45, 2.75) is 38.2 Å². The van der Waals surface area contributed by atoms with Gasteiger partial charge in [0, 0.05) is 24.2 Å². The summed E-state index contributed by atoms with van der Waals surface area (Å²) >= 11 is 0. The fourth-order valence-electron chi connectivity index (χ4n) is 2.52. The summed E-state index contributed by atoms with van der Waals surface area (Å²) in [6.45, 7) is 0.424. The van der Waals surface area contributed by atoms with E-state index in [4.69, 9.17) is 0 Å². The first-order valence-corrected chi connectivity index (χ1v) is 6.82. The molecule has 2 atom stereocenters. The van der Waals surface area contributed by atoms with Gasteiger partial charge in [-0.05, 0) is 12.8 Å².